The normalized spacial score (nSPS) is 17.1. The smallest absolute Gasteiger partial charge is 0.301 e. The van der Waals surface area contributed by atoms with E-state index in [-0.39, 0.29) is 27.8 Å². The average Bonchev–Trinajstić information content (AvgIpc) is 3.42. The van der Waals surface area contributed by atoms with Crippen LogP contribution in [0.5, 0.6) is 17.2 Å². The van der Waals surface area contributed by atoms with E-state index in [1.165, 1.54) is 53.7 Å². The lowest BCUT2D eigenvalue weighted by atomic mass is 9.95. The number of hydrogen-bond acceptors (Lipinski definition) is 8. The zero-order valence-corrected chi connectivity index (χ0v) is 20.6. The molecular formula is C26H19ClN2O6S. The number of halogens is 1. The van der Waals surface area contributed by atoms with Gasteiger partial charge in [-0.3, -0.25) is 14.5 Å². The van der Waals surface area contributed by atoms with E-state index in [9.17, 15) is 19.8 Å². The maximum absolute atomic E-state index is 13.4. The lowest BCUT2D eigenvalue weighted by Crippen LogP contribution is -2.29. The van der Waals surface area contributed by atoms with Crippen LogP contribution in [0.4, 0.5) is 5.13 Å². The third-order valence-corrected chi connectivity index (χ3v) is 7.20. The number of carbonyl (C=O) groups excluding carboxylic acids is 2. The molecule has 2 heterocycles. The molecule has 1 amide bonds. The molecule has 5 rings (SSSR count). The van der Waals surface area contributed by atoms with Crippen LogP contribution in [-0.2, 0) is 9.59 Å². The van der Waals surface area contributed by atoms with E-state index >= 15 is 0 Å². The van der Waals surface area contributed by atoms with Gasteiger partial charge in [0.1, 0.15) is 23.0 Å². The minimum absolute atomic E-state index is 0.0187. The molecule has 0 aliphatic carbocycles. The minimum atomic E-state index is -0.991. The standard InChI is InChI=1S/C26H19ClN2O6S/c1-34-16-8-10-18-20(12-16)36-26(28-18)29-22(13-3-6-15(30)7-4-13)21(24(32)25(29)33)23(31)14-5-9-17(27)19(11-14)35-2/h3-12,22,30-31H,1-2H3/b23-21+. The van der Waals surface area contributed by atoms with Crippen molar-refractivity contribution in [2.24, 2.45) is 0 Å². The zero-order chi connectivity index (χ0) is 25.6. The number of methoxy groups -OCH3 is 2. The van der Waals surface area contributed by atoms with Crippen molar-refractivity contribution in [3.63, 3.8) is 0 Å². The second-order valence-corrected chi connectivity index (χ2v) is 9.36. The Bertz CT molecular complexity index is 1550. The number of nitrogens with zero attached hydrogens (tertiary/aromatic N) is 2. The van der Waals surface area contributed by atoms with Crippen molar-refractivity contribution in [2.45, 2.75) is 6.04 Å². The molecule has 0 bridgehead atoms. The number of phenolic OH excluding ortho intramolecular Hbond substituents is 1. The monoisotopic (exact) mass is 522 g/mol. The lowest BCUT2D eigenvalue weighted by molar-refractivity contribution is -0.132. The van der Waals surface area contributed by atoms with Crippen molar-refractivity contribution >= 4 is 55.7 Å². The summed E-state index contributed by atoms with van der Waals surface area (Å²) in [5, 5.41) is 21.7. The van der Waals surface area contributed by atoms with Gasteiger partial charge in [0, 0.05) is 5.56 Å². The van der Waals surface area contributed by atoms with Gasteiger partial charge in [0.25, 0.3) is 5.78 Å². The molecule has 0 spiro atoms. The molecule has 4 aromatic rings. The SMILES string of the molecule is COc1ccc2nc(N3C(=O)C(=O)/C(=C(/O)c4ccc(Cl)c(OC)c4)C3c3ccc(O)cc3)sc2c1. The Kier molecular flexibility index (Phi) is 6.03. The third-order valence-electron chi connectivity index (χ3n) is 5.87. The Balaban J connectivity index is 1.72. The molecule has 0 radical (unpaired) electrons. The number of rotatable bonds is 5. The highest BCUT2D eigenvalue weighted by Gasteiger charge is 2.48. The maximum Gasteiger partial charge on any atom is 0.301 e. The van der Waals surface area contributed by atoms with E-state index in [0.29, 0.717) is 27.6 Å². The quantitative estimate of drug-likeness (QED) is 0.208. The van der Waals surface area contributed by atoms with Crippen LogP contribution in [0.25, 0.3) is 16.0 Å². The number of aliphatic hydroxyl groups is 1. The van der Waals surface area contributed by atoms with Crippen molar-refractivity contribution in [2.75, 3.05) is 19.1 Å². The van der Waals surface area contributed by atoms with Crippen LogP contribution in [-0.4, -0.2) is 41.1 Å². The number of phenols is 1. The fourth-order valence-corrected chi connectivity index (χ4v) is 5.30. The highest BCUT2D eigenvalue weighted by atomic mass is 35.5. The Morgan fingerprint density at radius 1 is 1.03 bits per heavy atom. The number of aromatic nitrogens is 1. The second-order valence-electron chi connectivity index (χ2n) is 7.94. The first-order chi connectivity index (χ1) is 17.3. The number of ether oxygens (including phenoxy) is 2. The molecule has 0 saturated carbocycles. The molecule has 10 heteroatoms. The molecule has 1 aliphatic rings. The number of hydrogen-bond donors (Lipinski definition) is 2. The molecule has 1 fully saturated rings. The number of amides is 1. The molecule has 1 atom stereocenters. The molecule has 1 aliphatic heterocycles. The van der Waals surface area contributed by atoms with Crippen molar-refractivity contribution in [1.82, 2.24) is 4.98 Å². The van der Waals surface area contributed by atoms with Crippen LogP contribution < -0.4 is 14.4 Å². The summed E-state index contributed by atoms with van der Waals surface area (Å²) in [5.74, 6) is -1.13. The summed E-state index contributed by atoms with van der Waals surface area (Å²) in [6.07, 6.45) is 0. The Morgan fingerprint density at radius 2 is 1.78 bits per heavy atom. The van der Waals surface area contributed by atoms with Gasteiger partial charge in [-0.2, -0.15) is 0 Å². The van der Waals surface area contributed by atoms with Crippen molar-refractivity contribution in [3.05, 3.63) is 82.4 Å². The van der Waals surface area contributed by atoms with Crippen LogP contribution >= 0.6 is 22.9 Å². The molecule has 1 aromatic heterocycles. The van der Waals surface area contributed by atoms with Gasteiger partial charge < -0.3 is 19.7 Å². The summed E-state index contributed by atoms with van der Waals surface area (Å²) in [7, 11) is 2.99. The average molecular weight is 523 g/mol. The van der Waals surface area contributed by atoms with Gasteiger partial charge in [0.05, 0.1) is 41.1 Å². The summed E-state index contributed by atoms with van der Waals surface area (Å²) in [5.41, 5.74) is 1.27. The number of carbonyl (C=O) groups is 2. The van der Waals surface area contributed by atoms with Gasteiger partial charge in [-0.25, -0.2) is 4.98 Å². The topological polar surface area (TPSA) is 109 Å². The van der Waals surface area contributed by atoms with Gasteiger partial charge in [0.2, 0.25) is 0 Å². The van der Waals surface area contributed by atoms with E-state index in [1.807, 2.05) is 0 Å². The largest absolute Gasteiger partial charge is 0.508 e. The minimum Gasteiger partial charge on any atom is -0.508 e. The van der Waals surface area contributed by atoms with Crippen molar-refractivity contribution < 1.29 is 29.3 Å². The number of aromatic hydroxyl groups is 1. The summed E-state index contributed by atoms with van der Waals surface area (Å²) in [6.45, 7) is 0. The summed E-state index contributed by atoms with van der Waals surface area (Å²) < 4.78 is 11.3. The first-order valence-electron chi connectivity index (χ1n) is 10.7. The molecule has 1 unspecified atom stereocenters. The van der Waals surface area contributed by atoms with Crippen LogP contribution in [0.15, 0.2) is 66.2 Å². The van der Waals surface area contributed by atoms with E-state index in [4.69, 9.17) is 21.1 Å². The number of anilines is 1. The predicted molar refractivity (Wildman–Crippen MR) is 137 cm³/mol. The predicted octanol–water partition coefficient (Wildman–Crippen LogP) is 5.30. The van der Waals surface area contributed by atoms with E-state index in [1.54, 1.807) is 37.4 Å². The molecule has 1 saturated heterocycles. The van der Waals surface area contributed by atoms with Gasteiger partial charge in [-0.1, -0.05) is 35.1 Å². The number of benzene rings is 3. The molecular weight excluding hydrogens is 504 g/mol. The van der Waals surface area contributed by atoms with Gasteiger partial charge in [-0.05, 0) is 54.1 Å². The van der Waals surface area contributed by atoms with Crippen molar-refractivity contribution in [1.29, 1.82) is 0 Å². The fraction of sp³-hybridized carbons (Fsp3) is 0.115. The number of thiazole rings is 1. The van der Waals surface area contributed by atoms with Gasteiger partial charge in [0.15, 0.2) is 5.13 Å². The molecule has 3 aromatic carbocycles. The van der Waals surface area contributed by atoms with Crippen LogP contribution in [0, 0.1) is 0 Å². The first-order valence-corrected chi connectivity index (χ1v) is 11.9. The number of Topliss-reactive ketones (excluding diaryl/α,β-unsaturated/α-hetero) is 1. The van der Waals surface area contributed by atoms with E-state index < -0.39 is 17.7 Å². The number of fused-ring (bicyclic) bond motifs is 1. The van der Waals surface area contributed by atoms with Crippen LogP contribution in [0.1, 0.15) is 17.2 Å². The molecule has 182 valence electrons. The van der Waals surface area contributed by atoms with Crippen molar-refractivity contribution in [3.8, 4) is 17.2 Å². The van der Waals surface area contributed by atoms with E-state index in [0.717, 1.165) is 4.70 Å². The molecule has 36 heavy (non-hydrogen) atoms. The Morgan fingerprint density at radius 3 is 2.47 bits per heavy atom. The third kappa shape index (κ3) is 3.92. The highest BCUT2D eigenvalue weighted by Crippen LogP contribution is 2.45. The van der Waals surface area contributed by atoms with Crippen LogP contribution in [0.2, 0.25) is 5.02 Å². The fourth-order valence-electron chi connectivity index (χ4n) is 4.09. The second kappa shape index (κ2) is 9.18. The lowest BCUT2D eigenvalue weighted by Gasteiger charge is -2.23. The van der Waals surface area contributed by atoms with E-state index in [2.05, 4.69) is 4.98 Å². The summed E-state index contributed by atoms with van der Waals surface area (Å²) >= 11 is 7.34. The number of aliphatic hydroxyl groups excluding tert-OH is 1. The number of ketones is 1. The molecule has 2 N–H and O–H groups in total. The summed E-state index contributed by atoms with van der Waals surface area (Å²) in [4.78, 5) is 32.5. The maximum atomic E-state index is 13.4. The van der Waals surface area contributed by atoms with Gasteiger partial charge >= 0.3 is 5.91 Å². The Hall–Kier alpha value is -4.08. The molecule has 8 nitrogen and oxygen atoms in total. The zero-order valence-electron chi connectivity index (χ0n) is 19.1. The van der Waals surface area contributed by atoms with Gasteiger partial charge in [-0.15, -0.1) is 0 Å². The first kappa shape index (κ1) is 23.7. The Labute approximate surface area is 214 Å². The highest BCUT2D eigenvalue weighted by molar-refractivity contribution is 7.22. The summed E-state index contributed by atoms with van der Waals surface area (Å²) in [6, 6.07) is 14.9. The van der Waals surface area contributed by atoms with Crippen LogP contribution in [0.3, 0.4) is 0 Å².